The Morgan fingerprint density at radius 1 is 1.11 bits per heavy atom. The number of piperidine rings is 1. The van der Waals surface area contributed by atoms with Crippen molar-refractivity contribution in [2.24, 2.45) is 5.92 Å². The van der Waals surface area contributed by atoms with Gasteiger partial charge in [-0.3, -0.25) is 9.59 Å². The van der Waals surface area contributed by atoms with Crippen LogP contribution in [0.1, 0.15) is 38.7 Å². The predicted molar refractivity (Wildman–Crippen MR) is 107 cm³/mol. The molecule has 1 aliphatic heterocycles. The van der Waals surface area contributed by atoms with E-state index in [1.807, 2.05) is 24.3 Å². The summed E-state index contributed by atoms with van der Waals surface area (Å²) in [5, 5.41) is 7.56. The molecule has 144 valence electrons. The van der Waals surface area contributed by atoms with Gasteiger partial charge in [0.05, 0.1) is 5.69 Å². The molecule has 1 N–H and O–H groups in total. The van der Waals surface area contributed by atoms with Crippen LogP contribution in [-0.4, -0.2) is 35.3 Å². The van der Waals surface area contributed by atoms with Crippen molar-refractivity contribution >= 4 is 11.7 Å². The molecule has 1 amide bonds. The van der Waals surface area contributed by atoms with Crippen molar-refractivity contribution in [1.29, 1.82) is 0 Å². The van der Waals surface area contributed by atoms with Crippen molar-refractivity contribution in [3.05, 3.63) is 52.3 Å². The maximum absolute atomic E-state index is 12.3. The lowest BCUT2D eigenvalue weighted by atomic mass is 9.96. The normalized spacial score (nSPS) is 15.0. The maximum atomic E-state index is 12.3. The first-order chi connectivity index (χ1) is 13.1. The molecule has 0 spiro atoms. The molecule has 1 aliphatic rings. The summed E-state index contributed by atoms with van der Waals surface area (Å²) in [5.41, 5.74) is 1.86. The van der Waals surface area contributed by atoms with Gasteiger partial charge in [0.1, 0.15) is 5.82 Å². The summed E-state index contributed by atoms with van der Waals surface area (Å²) in [7, 11) is 0. The van der Waals surface area contributed by atoms with Crippen LogP contribution in [0.25, 0.3) is 5.69 Å². The van der Waals surface area contributed by atoms with Gasteiger partial charge in [-0.25, -0.2) is 0 Å². The number of hydrogen-bond donors (Lipinski definition) is 1. The first-order valence-corrected chi connectivity index (χ1v) is 9.84. The smallest absolute Gasteiger partial charge is 0.271 e. The highest BCUT2D eigenvalue weighted by Crippen LogP contribution is 2.21. The number of aromatic nitrogens is 2. The predicted octanol–water partition coefficient (Wildman–Crippen LogP) is 2.54. The number of aryl methyl sites for hydroxylation is 1. The van der Waals surface area contributed by atoms with Crippen LogP contribution >= 0.6 is 0 Å². The lowest BCUT2D eigenvalue weighted by Gasteiger charge is -2.32. The Morgan fingerprint density at radius 2 is 1.81 bits per heavy atom. The standard InChI is InChI=1S/C21H28N4O2/c1-3-13-22-21(27)17-11-14-24(15-12-17)19-9-10-20(26)25(23-19)18-7-5-16(4-2)6-8-18/h5-10,17H,3-4,11-15H2,1-2H3,(H,22,27). The van der Waals surface area contributed by atoms with Crippen LogP contribution < -0.4 is 15.8 Å². The molecular weight excluding hydrogens is 340 g/mol. The molecule has 2 aromatic rings. The molecule has 6 nitrogen and oxygen atoms in total. The van der Waals surface area contributed by atoms with E-state index < -0.39 is 0 Å². The van der Waals surface area contributed by atoms with Gasteiger partial charge in [0.15, 0.2) is 0 Å². The minimum Gasteiger partial charge on any atom is -0.356 e. The third-order valence-electron chi connectivity index (χ3n) is 5.11. The van der Waals surface area contributed by atoms with Gasteiger partial charge in [-0.2, -0.15) is 4.68 Å². The van der Waals surface area contributed by atoms with E-state index in [9.17, 15) is 9.59 Å². The Morgan fingerprint density at radius 3 is 2.44 bits per heavy atom. The molecule has 0 bridgehead atoms. The molecule has 1 aromatic carbocycles. The number of carbonyl (C=O) groups is 1. The number of rotatable bonds is 6. The van der Waals surface area contributed by atoms with Crippen LogP contribution in [0.5, 0.6) is 0 Å². The van der Waals surface area contributed by atoms with Crippen molar-refractivity contribution in [2.45, 2.75) is 39.5 Å². The van der Waals surface area contributed by atoms with Crippen LogP contribution in [0, 0.1) is 5.92 Å². The first kappa shape index (κ1) is 19.1. The van der Waals surface area contributed by atoms with Gasteiger partial charge in [0, 0.05) is 31.6 Å². The van der Waals surface area contributed by atoms with Gasteiger partial charge >= 0.3 is 0 Å². The van der Waals surface area contributed by atoms with Crippen LogP contribution in [0.4, 0.5) is 5.82 Å². The highest BCUT2D eigenvalue weighted by Gasteiger charge is 2.25. The Balaban J connectivity index is 1.71. The largest absolute Gasteiger partial charge is 0.356 e. The summed E-state index contributed by atoms with van der Waals surface area (Å²) >= 11 is 0. The van der Waals surface area contributed by atoms with Crippen molar-refractivity contribution in [2.75, 3.05) is 24.5 Å². The number of nitrogens with one attached hydrogen (secondary N) is 1. The Labute approximate surface area is 160 Å². The summed E-state index contributed by atoms with van der Waals surface area (Å²) in [6.45, 7) is 6.43. The van der Waals surface area contributed by atoms with E-state index in [2.05, 4.69) is 29.2 Å². The average Bonchev–Trinajstić information content (AvgIpc) is 2.72. The highest BCUT2D eigenvalue weighted by atomic mass is 16.2. The van der Waals surface area contributed by atoms with Gasteiger partial charge in [-0.05, 0) is 49.4 Å². The van der Waals surface area contributed by atoms with Crippen molar-refractivity contribution in [1.82, 2.24) is 15.1 Å². The summed E-state index contributed by atoms with van der Waals surface area (Å²) in [6.07, 6.45) is 3.53. The van der Waals surface area contributed by atoms with Gasteiger partial charge in [-0.1, -0.05) is 26.0 Å². The minimum atomic E-state index is -0.142. The van der Waals surface area contributed by atoms with Crippen LogP contribution in [0.3, 0.4) is 0 Å². The van der Waals surface area contributed by atoms with Crippen LogP contribution in [-0.2, 0) is 11.2 Å². The molecule has 6 heteroatoms. The second-order valence-electron chi connectivity index (χ2n) is 7.01. The number of carbonyl (C=O) groups excluding carboxylic acids is 1. The Hall–Kier alpha value is -2.63. The van der Waals surface area contributed by atoms with Gasteiger partial charge in [0.25, 0.3) is 5.56 Å². The second-order valence-corrected chi connectivity index (χ2v) is 7.01. The fourth-order valence-corrected chi connectivity index (χ4v) is 3.39. The lowest BCUT2D eigenvalue weighted by Crippen LogP contribution is -2.41. The van der Waals surface area contributed by atoms with E-state index in [0.717, 1.165) is 56.8 Å². The zero-order chi connectivity index (χ0) is 19.2. The third kappa shape index (κ3) is 4.56. The molecule has 3 rings (SSSR count). The third-order valence-corrected chi connectivity index (χ3v) is 5.11. The summed E-state index contributed by atoms with van der Waals surface area (Å²) in [5.74, 6) is 1.01. The number of benzene rings is 1. The molecule has 1 aromatic heterocycles. The molecule has 27 heavy (non-hydrogen) atoms. The molecule has 1 saturated heterocycles. The highest BCUT2D eigenvalue weighted by molar-refractivity contribution is 5.78. The first-order valence-electron chi connectivity index (χ1n) is 9.84. The van der Waals surface area contributed by atoms with E-state index in [1.54, 1.807) is 12.1 Å². The van der Waals surface area contributed by atoms with Crippen molar-refractivity contribution in [3.8, 4) is 5.69 Å². The summed E-state index contributed by atoms with van der Waals surface area (Å²) in [6, 6.07) is 11.3. The quantitative estimate of drug-likeness (QED) is 0.851. The number of anilines is 1. The van der Waals surface area contributed by atoms with E-state index in [4.69, 9.17) is 0 Å². The van der Waals surface area contributed by atoms with E-state index >= 15 is 0 Å². The van der Waals surface area contributed by atoms with Gasteiger partial charge < -0.3 is 10.2 Å². The molecule has 0 radical (unpaired) electrons. The molecule has 0 aliphatic carbocycles. The maximum Gasteiger partial charge on any atom is 0.271 e. The van der Waals surface area contributed by atoms with E-state index in [1.165, 1.54) is 10.2 Å². The molecule has 0 unspecified atom stereocenters. The number of hydrogen-bond acceptors (Lipinski definition) is 4. The monoisotopic (exact) mass is 368 g/mol. The zero-order valence-corrected chi connectivity index (χ0v) is 16.1. The second kappa shape index (κ2) is 8.84. The summed E-state index contributed by atoms with van der Waals surface area (Å²) < 4.78 is 1.45. The topological polar surface area (TPSA) is 67.2 Å². The van der Waals surface area contributed by atoms with Crippen molar-refractivity contribution in [3.63, 3.8) is 0 Å². The van der Waals surface area contributed by atoms with Crippen molar-refractivity contribution < 1.29 is 4.79 Å². The molecule has 0 saturated carbocycles. The molecule has 0 atom stereocenters. The minimum absolute atomic E-state index is 0.0697. The van der Waals surface area contributed by atoms with E-state index in [-0.39, 0.29) is 17.4 Å². The van der Waals surface area contributed by atoms with Crippen LogP contribution in [0.2, 0.25) is 0 Å². The van der Waals surface area contributed by atoms with Gasteiger partial charge in [-0.15, -0.1) is 5.10 Å². The average molecular weight is 368 g/mol. The Bertz CT molecular complexity index is 821. The fourth-order valence-electron chi connectivity index (χ4n) is 3.39. The molecule has 1 fully saturated rings. The van der Waals surface area contributed by atoms with Crippen LogP contribution in [0.15, 0.2) is 41.2 Å². The molecular formula is C21H28N4O2. The SMILES string of the molecule is CCCNC(=O)C1CCN(c2ccc(=O)n(-c3ccc(CC)cc3)n2)CC1. The molecule has 2 heterocycles. The number of amides is 1. The summed E-state index contributed by atoms with van der Waals surface area (Å²) in [4.78, 5) is 26.6. The zero-order valence-electron chi connectivity index (χ0n) is 16.1. The van der Waals surface area contributed by atoms with E-state index in [0.29, 0.717) is 0 Å². The van der Waals surface area contributed by atoms with Gasteiger partial charge in [0.2, 0.25) is 5.91 Å². The number of nitrogens with zero attached hydrogens (tertiary/aromatic N) is 3. The fraction of sp³-hybridized carbons (Fsp3) is 0.476. The lowest BCUT2D eigenvalue weighted by molar-refractivity contribution is -0.125. The Kier molecular flexibility index (Phi) is 6.27.